The molecule has 0 saturated carbocycles. The first-order chi connectivity index (χ1) is 10.2. The van der Waals surface area contributed by atoms with Gasteiger partial charge in [0, 0.05) is 13.2 Å². The van der Waals surface area contributed by atoms with Crippen LogP contribution in [-0.4, -0.2) is 55.2 Å². The van der Waals surface area contributed by atoms with Crippen LogP contribution < -0.4 is 5.32 Å². The van der Waals surface area contributed by atoms with E-state index in [9.17, 15) is 23.1 Å². The van der Waals surface area contributed by atoms with Crippen LogP contribution in [0.25, 0.3) is 0 Å². The van der Waals surface area contributed by atoms with E-state index in [1.54, 1.807) is 6.92 Å². The van der Waals surface area contributed by atoms with Crippen molar-refractivity contribution in [2.75, 3.05) is 13.2 Å². The number of carboxylic acid groups (broad SMARTS) is 1. The molecular formula is C14H25NO6S. The lowest BCUT2D eigenvalue weighted by molar-refractivity contribution is -0.143. The Morgan fingerprint density at radius 2 is 1.82 bits per heavy atom. The molecule has 2 N–H and O–H groups in total. The third kappa shape index (κ3) is 4.42. The number of carbonyl (C=O) groups excluding carboxylic acids is 1. The molecule has 1 heterocycles. The Kier molecular flexibility index (Phi) is 6.80. The summed E-state index contributed by atoms with van der Waals surface area (Å²) >= 11 is 0. The summed E-state index contributed by atoms with van der Waals surface area (Å²) in [5.74, 6) is -2.18. The van der Waals surface area contributed by atoms with Crippen LogP contribution in [0.2, 0.25) is 0 Å². The molecule has 7 nitrogen and oxygen atoms in total. The fraction of sp³-hybridized carbons (Fsp3) is 0.857. The highest BCUT2D eigenvalue weighted by Crippen LogP contribution is 2.20. The van der Waals surface area contributed by atoms with Gasteiger partial charge in [0.15, 0.2) is 9.84 Å². The average molecular weight is 335 g/mol. The average Bonchev–Trinajstić information content (AvgIpc) is 2.51. The topological polar surface area (TPSA) is 110 Å². The standard InChI is InChI=1S/C14H25NO6S/c1-4-9(2)12(14(17)18)15-13(16)10(3)22(19,20)11-5-7-21-8-6-11/h9-12H,4-8H2,1-3H3,(H,15,16)(H,17,18). The van der Waals surface area contributed by atoms with E-state index in [2.05, 4.69) is 5.32 Å². The molecule has 0 spiro atoms. The zero-order chi connectivity index (χ0) is 16.9. The van der Waals surface area contributed by atoms with Crippen molar-refractivity contribution < 1.29 is 27.9 Å². The van der Waals surface area contributed by atoms with Crippen molar-refractivity contribution in [3.63, 3.8) is 0 Å². The number of aliphatic carboxylic acids is 1. The molecule has 128 valence electrons. The summed E-state index contributed by atoms with van der Waals surface area (Å²) in [6.07, 6.45) is 1.31. The fourth-order valence-corrected chi connectivity index (χ4v) is 4.19. The number of carbonyl (C=O) groups is 2. The third-order valence-electron chi connectivity index (χ3n) is 4.27. The number of hydrogen-bond acceptors (Lipinski definition) is 5. The molecule has 8 heteroatoms. The normalized spacial score (nSPS) is 20.9. The first-order valence-corrected chi connectivity index (χ1v) is 9.16. The molecule has 0 bridgehead atoms. The Hall–Kier alpha value is -1.15. The van der Waals surface area contributed by atoms with Crippen molar-refractivity contribution in [1.82, 2.24) is 5.32 Å². The largest absolute Gasteiger partial charge is 0.480 e. The van der Waals surface area contributed by atoms with Gasteiger partial charge in [-0.05, 0) is 25.7 Å². The van der Waals surface area contributed by atoms with Crippen LogP contribution in [0.4, 0.5) is 0 Å². The SMILES string of the molecule is CCC(C)C(NC(=O)C(C)S(=O)(=O)C1CCOCC1)C(=O)O. The van der Waals surface area contributed by atoms with Gasteiger partial charge in [0.2, 0.25) is 5.91 Å². The maximum atomic E-state index is 12.5. The highest BCUT2D eigenvalue weighted by atomic mass is 32.2. The Balaban J connectivity index is 2.80. The van der Waals surface area contributed by atoms with E-state index in [0.717, 1.165) is 0 Å². The van der Waals surface area contributed by atoms with Gasteiger partial charge < -0.3 is 15.2 Å². The first-order valence-electron chi connectivity index (χ1n) is 7.55. The van der Waals surface area contributed by atoms with Crippen LogP contribution in [-0.2, 0) is 24.2 Å². The number of rotatable bonds is 7. The van der Waals surface area contributed by atoms with Crippen molar-refractivity contribution >= 4 is 21.7 Å². The molecule has 1 fully saturated rings. The second-order valence-electron chi connectivity index (χ2n) is 5.75. The first kappa shape index (κ1) is 18.9. The van der Waals surface area contributed by atoms with Gasteiger partial charge in [0.1, 0.15) is 11.3 Å². The van der Waals surface area contributed by atoms with Crippen LogP contribution in [0, 0.1) is 5.92 Å². The Labute approximate surface area is 131 Å². The summed E-state index contributed by atoms with van der Waals surface area (Å²) < 4.78 is 30.0. The van der Waals surface area contributed by atoms with Gasteiger partial charge in [-0.15, -0.1) is 0 Å². The molecule has 0 aromatic carbocycles. The van der Waals surface area contributed by atoms with E-state index >= 15 is 0 Å². The quantitative estimate of drug-likeness (QED) is 0.704. The Morgan fingerprint density at radius 1 is 1.27 bits per heavy atom. The number of amides is 1. The van der Waals surface area contributed by atoms with Crippen LogP contribution in [0.3, 0.4) is 0 Å². The molecule has 1 saturated heterocycles. The van der Waals surface area contributed by atoms with E-state index in [1.165, 1.54) is 6.92 Å². The lowest BCUT2D eigenvalue weighted by atomic mass is 9.99. The summed E-state index contributed by atoms with van der Waals surface area (Å²) in [5.41, 5.74) is 0. The lowest BCUT2D eigenvalue weighted by Gasteiger charge is -2.26. The predicted molar refractivity (Wildman–Crippen MR) is 81.2 cm³/mol. The maximum Gasteiger partial charge on any atom is 0.326 e. The molecule has 0 radical (unpaired) electrons. The minimum absolute atomic E-state index is 0.278. The number of sulfone groups is 1. The van der Waals surface area contributed by atoms with Crippen molar-refractivity contribution in [2.24, 2.45) is 5.92 Å². The summed E-state index contributed by atoms with van der Waals surface area (Å²) in [6, 6.07) is -1.08. The number of carboxylic acids is 1. The zero-order valence-electron chi connectivity index (χ0n) is 13.2. The lowest BCUT2D eigenvalue weighted by Crippen LogP contribution is -2.51. The molecule has 1 aliphatic rings. The van der Waals surface area contributed by atoms with Crippen molar-refractivity contribution in [3.05, 3.63) is 0 Å². The third-order valence-corrected chi connectivity index (χ3v) is 6.87. The Bertz CT molecular complexity index is 497. The molecule has 3 unspecified atom stereocenters. The summed E-state index contributed by atoms with van der Waals surface area (Å²) in [4.78, 5) is 23.4. The van der Waals surface area contributed by atoms with Crippen molar-refractivity contribution in [2.45, 2.75) is 56.6 Å². The fourth-order valence-electron chi connectivity index (χ4n) is 2.40. The van der Waals surface area contributed by atoms with E-state index < -0.39 is 38.3 Å². The molecule has 0 aliphatic carbocycles. The summed E-state index contributed by atoms with van der Waals surface area (Å²) in [7, 11) is -3.65. The predicted octanol–water partition coefficient (Wildman–Crippen LogP) is 0.584. The van der Waals surface area contributed by atoms with Gasteiger partial charge in [-0.25, -0.2) is 13.2 Å². The van der Waals surface area contributed by atoms with Gasteiger partial charge >= 0.3 is 5.97 Å². The Morgan fingerprint density at radius 3 is 2.27 bits per heavy atom. The van der Waals surface area contributed by atoms with Gasteiger partial charge in [0.05, 0.1) is 5.25 Å². The molecule has 1 rings (SSSR count). The van der Waals surface area contributed by atoms with E-state index in [1.807, 2.05) is 6.92 Å². The van der Waals surface area contributed by atoms with Gasteiger partial charge in [-0.2, -0.15) is 0 Å². The van der Waals surface area contributed by atoms with Gasteiger partial charge in [-0.3, -0.25) is 4.79 Å². The molecule has 22 heavy (non-hydrogen) atoms. The minimum Gasteiger partial charge on any atom is -0.480 e. The van der Waals surface area contributed by atoms with Gasteiger partial charge in [-0.1, -0.05) is 20.3 Å². The zero-order valence-corrected chi connectivity index (χ0v) is 14.1. The second kappa shape index (κ2) is 7.92. The number of nitrogens with one attached hydrogen (secondary N) is 1. The van der Waals surface area contributed by atoms with Crippen LogP contribution in [0.15, 0.2) is 0 Å². The van der Waals surface area contributed by atoms with E-state index in [-0.39, 0.29) is 5.92 Å². The molecular weight excluding hydrogens is 310 g/mol. The maximum absolute atomic E-state index is 12.5. The molecule has 0 aromatic rings. The highest BCUT2D eigenvalue weighted by Gasteiger charge is 2.38. The van der Waals surface area contributed by atoms with Crippen molar-refractivity contribution in [3.8, 4) is 0 Å². The molecule has 0 aromatic heterocycles. The smallest absolute Gasteiger partial charge is 0.326 e. The minimum atomic E-state index is -3.65. The van der Waals surface area contributed by atoms with E-state index in [0.29, 0.717) is 32.5 Å². The molecule has 3 atom stereocenters. The molecule has 1 aliphatic heterocycles. The van der Waals surface area contributed by atoms with Crippen molar-refractivity contribution in [1.29, 1.82) is 0 Å². The number of ether oxygens (including phenoxy) is 1. The second-order valence-corrected chi connectivity index (χ2v) is 8.30. The summed E-state index contributed by atoms with van der Waals surface area (Å²) in [5, 5.41) is 9.67. The van der Waals surface area contributed by atoms with E-state index in [4.69, 9.17) is 4.74 Å². The van der Waals surface area contributed by atoms with Crippen LogP contribution >= 0.6 is 0 Å². The molecule has 1 amide bonds. The van der Waals surface area contributed by atoms with Gasteiger partial charge in [0.25, 0.3) is 0 Å². The van der Waals surface area contributed by atoms with Crippen LogP contribution in [0.5, 0.6) is 0 Å². The monoisotopic (exact) mass is 335 g/mol. The number of hydrogen-bond donors (Lipinski definition) is 2. The highest BCUT2D eigenvalue weighted by molar-refractivity contribution is 7.93. The van der Waals surface area contributed by atoms with Crippen LogP contribution in [0.1, 0.15) is 40.0 Å². The summed E-state index contributed by atoms with van der Waals surface area (Å²) in [6.45, 7) is 5.56.